The van der Waals surface area contributed by atoms with Crippen molar-refractivity contribution in [2.75, 3.05) is 51.5 Å². The molecule has 1 aromatic carbocycles. The van der Waals surface area contributed by atoms with E-state index >= 15 is 0 Å². The molecule has 1 atom stereocenters. The Morgan fingerprint density at radius 3 is 2.72 bits per heavy atom. The normalized spacial score (nSPS) is 17.0. The summed E-state index contributed by atoms with van der Waals surface area (Å²) in [5.41, 5.74) is 6.08. The molecule has 2 aliphatic rings. The Morgan fingerprint density at radius 2 is 2.00 bits per heavy atom. The second kappa shape index (κ2) is 11.9. The number of benzene rings is 1. The number of methoxy groups -OCH3 is 1. The van der Waals surface area contributed by atoms with Gasteiger partial charge in [0, 0.05) is 57.5 Å². The summed E-state index contributed by atoms with van der Waals surface area (Å²) >= 11 is 0. The Hall–Kier alpha value is -3.78. The van der Waals surface area contributed by atoms with E-state index in [0.717, 1.165) is 54.5 Å². The fraction of sp³-hybridized carbons (Fsp3) is 0.448. The molecule has 0 amide bonds. The van der Waals surface area contributed by atoms with Gasteiger partial charge in [0.15, 0.2) is 5.69 Å². The first kappa shape index (κ1) is 26.8. The quantitative estimate of drug-likeness (QED) is 0.375. The molecule has 2 saturated heterocycles. The summed E-state index contributed by atoms with van der Waals surface area (Å²) in [6.07, 6.45) is 5.37. The summed E-state index contributed by atoms with van der Waals surface area (Å²) in [7, 11) is 1.68. The molecule has 0 unspecified atom stereocenters. The number of hydrogen-bond acceptors (Lipinski definition) is 8. The number of nitriles is 1. The lowest BCUT2D eigenvalue weighted by Crippen LogP contribution is -2.44. The zero-order valence-electron chi connectivity index (χ0n) is 22.7. The van der Waals surface area contributed by atoms with Gasteiger partial charge in [0.25, 0.3) is 5.56 Å². The third kappa shape index (κ3) is 5.81. The molecule has 6 rings (SSSR count). The average Bonchev–Trinajstić information content (AvgIpc) is 3.32. The number of aryl methyl sites for hydroxylation is 3. The van der Waals surface area contributed by atoms with Crippen molar-refractivity contribution in [2.45, 2.75) is 39.3 Å². The van der Waals surface area contributed by atoms with E-state index in [4.69, 9.17) is 14.2 Å². The van der Waals surface area contributed by atoms with Gasteiger partial charge >= 0.3 is 0 Å². The summed E-state index contributed by atoms with van der Waals surface area (Å²) in [5, 5.41) is 9.78. The van der Waals surface area contributed by atoms with E-state index in [-0.39, 0.29) is 11.7 Å². The molecular formula is C29H34N6O4. The van der Waals surface area contributed by atoms with Crippen LogP contribution in [0.15, 0.2) is 41.6 Å². The van der Waals surface area contributed by atoms with Crippen molar-refractivity contribution < 1.29 is 14.2 Å². The number of aromatic nitrogens is 4. The van der Waals surface area contributed by atoms with Crippen LogP contribution in [0.1, 0.15) is 28.9 Å². The zero-order valence-corrected chi connectivity index (χ0v) is 22.7. The number of hydrogen-bond donors (Lipinski definition) is 0. The van der Waals surface area contributed by atoms with Gasteiger partial charge in [-0.05, 0) is 62.1 Å². The van der Waals surface area contributed by atoms with Crippen molar-refractivity contribution in [2.24, 2.45) is 0 Å². The van der Waals surface area contributed by atoms with E-state index in [2.05, 4.69) is 20.9 Å². The van der Waals surface area contributed by atoms with Crippen LogP contribution in [0.3, 0.4) is 0 Å². The lowest BCUT2D eigenvalue weighted by Gasteiger charge is -2.34. The van der Waals surface area contributed by atoms with Crippen LogP contribution in [0, 0.1) is 25.2 Å². The van der Waals surface area contributed by atoms with Crippen molar-refractivity contribution >= 4 is 22.2 Å². The molecular weight excluding hydrogens is 496 g/mol. The number of nitrogens with zero attached hydrogens (tertiary/aromatic N) is 6. The van der Waals surface area contributed by atoms with Crippen LogP contribution in [0.4, 0.5) is 5.69 Å². The number of morpholine rings is 1. The number of imidazole rings is 1. The SMILES string of the molecule is C1COC1.COC[C@H]1CN(c2ccc3c(=O)n(CCc4c(C)cc5nc(C#N)cn5c4C)cnc3c2)CCO1. The molecule has 0 saturated carbocycles. The molecule has 39 heavy (non-hydrogen) atoms. The molecule has 2 aliphatic heterocycles. The minimum absolute atomic E-state index is 0.0327. The van der Waals surface area contributed by atoms with Crippen LogP contribution >= 0.6 is 0 Å². The van der Waals surface area contributed by atoms with E-state index in [0.29, 0.717) is 42.8 Å². The average molecular weight is 531 g/mol. The maximum atomic E-state index is 13.2. The van der Waals surface area contributed by atoms with Crippen LogP contribution < -0.4 is 10.5 Å². The molecule has 5 heterocycles. The topological polar surface area (TPSA) is 107 Å². The van der Waals surface area contributed by atoms with Gasteiger partial charge in [0.05, 0.1) is 36.5 Å². The number of pyridine rings is 1. The van der Waals surface area contributed by atoms with Crippen LogP contribution in [-0.2, 0) is 27.2 Å². The van der Waals surface area contributed by atoms with Crippen LogP contribution in [0.5, 0.6) is 0 Å². The summed E-state index contributed by atoms with van der Waals surface area (Å²) in [6, 6.07) is 9.91. The Bertz CT molecular complexity index is 1560. The minimum Gasteiger partial charge on any atom is -0.382 e. The largest absolute Gasteiger partial charge is 0.382 e. The first-order chi connectivity index (χ1) is 19.0. The van der Waals surface area contributed by atoms with Gasteiger partial charge in [-0.2, -0.15) is 5.26 Å². The van der Waals surface area contributed by atoms with E-state index in [1.54, 1.807) is 24.2 Å². The molecule has 10 heteroatoms. The standard InChI is InChI=1S/C26H28N6O3.C3H6O/c1-17-10-25-29-19(12-27)13-32(25)18(2)22(17)6-7-31-16-28-24-11-20(4-5-23(24)26(31)33)30-8-9-35-21(14-30)15-34-3;1-2-4-3-1/h4-5,10-11,13,16,21H,6-9,14-15H2,1-3H3;1-3H2/t21-;/m1./s1. The maximum absolute atomic E-state index is 13.2. The van der Waals surface area contributed by atoms with Gasteiger partial charge in [-0.25, -0.2) is 9.97 Å². The molecule has 0 bridgehead atoms. The minimum atomic E-state index is -0.0495. The van der Waals surface area contributed by atoms with Crippen molar-refractivity contribution in [3.63, 3.8) is 0 Å². The Kier molecular flexibility index (Phi) is 8.21. The van der Waals surface area contributed by atoms with Crippen molar-refractivity contribution in [3.05, 3.63) is 69.7 Å². The molecule has 0 spiro atoms. The summed E-state index contributed by atoms with van der Waals surface area (Å²) in [4.78, 5) is 24.4. The molecule has 10 nitrogen and oxygen atoms in total. The fourth-order valence-electron chi connectivity index (χ4n) is 5.03. The van der Waals surface area contributed by atoms with Gasteiger partial charge in [0.1, 0.15) is 11.7 Å². The Labute approximate surface area is 227 Å². The second-order valence-corrected chi connectivity index (χ2v) is 9.91. The summed E-state index contributed by atoms with van der Waals surface area (Å²) in [6.45, 7) is 9.30. The number of ether oxygens (including phenoxy) is 3. The predicted molar refractivity (Wildman–Crippen MR) is 148 cm³/mol. The molecule has 2 fully saturated rings. The number of fused-ring (bicyclic) bond motifs is 2. The highest BCUT2D eigenvalue weighted by Crippen LogP contribution is 2.22. The fourth-order valence-corrected chi connectivity index (χ4v) is 5.03. The van der Waals surface area contributed by atoms with E-state index in [1.165, 1.54) is 6.42 Å². The monoisotopic (exact) mass is 530 g/mol. The van der Waals surface area contributed by atoms with Gasteiger partial charge in [0.2, 0.25) is 0 Å². The summed E-state index contributed by atoms with van der Waals surface area (Å²) < 4.78 is 19.3. The molecule has 4 aromatic rings. The highest BCUT2D eigenvalue weighted by Gasteiger charge is 2.21. The Balaban J connectivity index is 0.000000707. The molecule has 0 N–H and O–H groups in total. The van der Waals surface area contributed by atoms with Crippen molar-refractivity contribution in [3.8, 4) is 6.07 Å². The van der Waals surface area contributed by atoms with E-state index in [1.807, 2.05) is 42.5 Å². The smallest absolute Gasteiger partial charge is 0.261 e. The van der Waals surface area contributed by atoms with Crippen LogP contribution in [-0.4, -0.2) is 71.7 Å². The van der Waals surface area contributed by atoms with Crippen molar-refractivity contribution in [1.82, 2.24) is 18.9 Å². The maximum Gasteiger partial charge on any atom is 0.261 e. The summed E-state index contributed by atoms with van der Waals surface area (Å²) in [5.74, 6) is 0. The van der Waals surface area contributed by atoms with Crippen LogP contribution in [0.25, 0.3) is 16.6 Å². The van der Waals surface area contributed by atoms with Crippen LogP contribution in [0.2, 0.25) is 0 Å². The van der Waals surface area contributed by atoms with Crippen molar-refractivity contribution in [1.29, 1.82) is 5.26 Å². The molecule has 204 valence electrons. The highest BCUT2D eigenvalue weighted by molar-refractivity contribution is 5.81. The van der Waals surface area contributed by atoms with Gasteiger partial charge < -0.3 is 23.5 Å². The number of anilines is 1. The first-order valence-electron chi connectivity index (χ1n) is 13.3. The van der Waals surface area contributed by atoms with Gasteiger partial charge in [-0.1, -0.05) is 0 Å². The Morgan fingerprint density at radius 1 is 1.21 bits per heavy atom. The lowest BCUT2D eigenvalue weighted by atomic mass is 10.0. The molecule has 0 radical (unpaired) electrons. The zero-order chi connectivity index (χ0) is 27.4. The first-order valence-corrected chi connectivity index (χ1v) is 13.3. The highest BCUT2D eigenvalue weighted by atomic mass is 16.5. The van der Waals surface area contributed by atoms with Gasteiger partial charge in [-0.15, -0.1) is 0 Å². The third-order valence-corrected chi connectivity index (χ3v) is 7.31. The predicted octanol–water partition coefficient (Wildman–Crippen LogP) is 3.03. The lowest BCUT2D eigenvalue weighted by molar-refractivity contribution is -0.0100. The third-order valence-electron chi connectivity index (χ3n) is 7.31. The molecule has 3 aromatic heterocycles. The second-order valence-electron chi connectivity index (χ2n) is 9.91. The van der Waals surface area contributed by atoms with Gasteiger partial charge in [-0.3, -0.25) is 9.36 Å². The number of rotatable bonds is 6. The van der Waals surface area contributed by atoms with E-state index < -0.39 is 0 Å². The van der Waals surface area contributed by atoms with E-state index in [9.17, 15) is 10.1 Å². The molecule has 0 aliphatic carbocycles.